The highest BCUT2D eigenvalue weighted by molar-refractivity contribution is 6.31. The molecule has 0 spiro atoms. The maximum atomic E-state index is 12.6. The van der Waals surface area contributed by atoms with Crippen LogP contribution in [0.3, 0.4) is 0 Å². The highest BCUT2D eigenvalue weighted by Gasteiger charge is 2.22. The van der Waals surface area contributed by atoms with Crippen LogP contribution in [0.4, 0.5) is 17.5 Å². The molecule has 30 heavy (non-hydrogen) atoms. The number of amides is 1. The molecule has 2 aromatic heterocycles. The number of aryl methyl sites for hydroxylation is 1. The van der Waals surface area contributed by atoms with E-state index in [4.69, 9.17) is 11.6 Å². The van der Waals surface area contributed by atoms with Gasteiger partial charge in [-0.1, -0.05) is 35.9 Å². The number of aromatic nitrogens is 3. The van der Waals surface area contributed by atoms with E-state index < -0.39 is 0 Å². The van der Waals surface area contributed by atoms with Gasteiger partial charge >= 0.3 is 0 Å². The molecule has 0 aliphatic carbocycles. The molecule has 0 bridgehead atoms. The van der Waals surface area contributed by atoms with Gasteiger partial charge in [-0.3, -0.25) is 4.79 Å². The second-order valence-corrected chi connectivity index (χ2v) is 7.67. The summed E-state index contributed by atoms with van der Waals surface area (Å²) in [5.41, 5.74) is 1.97. The lowest BCUT2D eigenvalue weighted by atomic mass is 10.1. The molecule has 1 aromatic carbocycles. The Morgan fingerprint density at radius 2 is 1.77 bits per heavy atom. The lowest BCUT2D eigenvalue weighted by Crippen LogP contribution is -2.49. The van der Waals surface area contributed by atoms with Gasteiger partial charge in [0.2, 0.25) is 5.91 Å². The van der Waals surface area contributed by atoms with Gasteiger partial charge in [-0.05, 0) is 42.3 Å². The molecule has 1 fully saturated rings. The monoisotopic (exact) mass is 422 g/mol. The first kappa shape index (κ1) is 20.1. The van der Waals surface area contributed by atoms with Crippen molar-refractivity contribution < 1.29 is 4.79 Å². The molecule has 8 heteroatoms. The Morgan fingerprint density at radius 3 is 2.43 bits per heavy atom. The highest BCUT2D eigenvalue weighted by atomic mass is 35.5. The molecule has 3 heterocycles. The van der Waals surface area contributed by atoms with Crippen LogP contribution in [0.2, 0.25) is 5.02 Å². The average Bonchev–Trinajstić information content (AvgIpc) is 2.77. The number of pyridine rings is 1. The zero-order chi connectivity index (χ0) is 20.9. The molecule has 1 aliphatic heterocycles. The number of nitrogens with zero attached hydrogens (tertiary/aromatic N) is 5. The van der Waals surface area contributed by atoms with Crippen LogP contribution < -0.4 is 10.2 Å². The van der Waals surface area contributed by atoms with Gasteiger partial charge in [0.25, 0.3) is 0 Å². The highest BCUT2D eigenvalue weighted by Crippen LogP contribution is 2.19. The Bertz CT molecular complexity index is 1000. The molecule has 1 N–H and O–H groups in total. The number of anilines is 3. The Morgan fingerprint density at radius 1 is 1.00 bits per heavy atom. The molecule has 0 saturated carbocycles. The number of rotatable bonds is 5. The quantitative estimate of drug-likeness (QED) is 0.678. The molecular formula is C22H23ClN6O. The molecule has 1 saturated heterocycles. The van der Waals surface area contributed by atoms with Crippen LogP contribution >= 0.6 is 11.6 Å². The Labute approximate surface area is 180 Å². The number of benzene rings is 1. The van der Waals surface area contributed by atoms with Crippen molar-refractivity contribution in [2.75, 3.05) is 36.4 Å². The summed E-state index contributed by atoms with van der Waals surface area (Å²) < 4.78 is 0. The van der Waals surface area contributed by atoms with E-state index in [-0.39, 0.29) is 5.91 Å². The SMILES string of the molecule is Cc1ccc(Nc2ccc(N3CCN(C(=O)Cc4ccccc4Cl)CC3)nn2)nc1. The van der Waals surface area contributed by atoms with Gasteiger partial charge in [0.05, 0.1) is 6.42 Å². The maximum Gasteiger partial charge on any atom is 0.227 e. The second-order valence-electron chi connectivity index (χ2n) is 7.26. The number of hydrogen-bond acceptors (Lipinski definition) is 6. The van der Waals surface area contributed by atoms with Gasteiger partial charge in [0.1, 0.15) is 5.82 Å². The maximum absolute atomic E-state index is 12.6. The zero-order valence-corrected chi connectivity index (χ0v) is 17.5. The number of piperazine rings is 1. The lowest BCUT2D eigenvalue weighted by Gasteiger charge is -2.35. The molecule has 3 aromatic rings. The smallest absolute Gasteiger partial charge is 0.227 e. The summed E-state index contributed by atoms with van der Waals surface area (Å²) in [6.45, 7) is 4.73. The van der Waals surface area contributed by atoms with Crippen molar-refractivity contribution in [2.45, 2.75) is 13.3 Å². The topological polar surface area (TPSA) is 74.2 Å². The summed E-state index contributed by atoms with van der Waals surface area (Å²) in [7, 11) is 0. The van der Waals surface area contributed by atoms with E-state index in [1.54, 1.807) is 6.20 Å². The molecule has 4 rings (SSSR count). The number of hydrogen-bond donors (Lipinski definition) is 1. The minimum atomic E-state index is 0.0963. The predicted molar refractivity (Wildman–Crippen MR) is 118 cm³/mol. The van der Waals surface area contributed by atoms with E-state index in [0.29, 0.717) is 30.4 Å². The fourth-order valence-corrected chi connectivity index (χ4v) is 3.54. The van der Waals surface area contributed by atoms with E-state index in [9.17, 15) is 4.79 Å². The molecule has 7 nitrogen and oxygen atoms in total. The fourth-order valence-electron chi connectivity index (χ4n) is 3.33. The van der Waals surface area contributed by atoms with Crippen LogP contribution in [0, 0.1) is 6.92 Å². The summed E-state index contributed by atoms with van der Waals surface area (Å²) >= 11 is 6.18. The van der Waals surface area contributed by atoms with Crippen molar-refractivity contribution in [3.8, 4) is 0 Å². The van der Waals surface area contributed by atoms with E-state index >= 15 is 0 Å². The number of nitrogens with one attached hydrogen (secondary N) is 1. The predicted octanol–water partition coefficient (Wildman–Crippen LogP) is 3.47. The first-order valence-electron chi connectivity index (χ1n) is 9.88. The molecule has 1 aliphatic rings. The average molecular weight is 423 g/mol. The molecule has 154 valence electrons. The number of carbonyl (C=O) groups is 1. The third-order valence-electron chi connectivity index (χ3n) is 5.07. The normalized spacial score (nSPS) is 13.9. The standard InChI is InChI=1S/C22H23ClN6O/c1-16-6-7-19(24-15-16)25-20-8-9-21(27-26-20)28-10-12-29(13-11-28)22(30)14-17-4-2-3-5-18(17)23/h2-9,15H,10-14H2,1H3,(H,24,25,26). The Balaban J connectivity index is 1.31. The van der Waals surface area contributed by atoms with Crippen LogP contribution in [-0.4, -0.2) is 52.2 Å². The van der Waals surface area contributed by atoms with Crippen LogP contribution in [0.25, 0.3) is 0 Å². The summed E-state index contributed by atoms with van der Waals surface area (Å²) in [4.78, 5) is 20.9. The minimum Gasteiger partial charge on any atom is -0.352 e. The molecular weight excluding hydrogens is 400 g/mol. The van der Waals surface area contributed by atoms with E-state index in [0.717, 1.165) is 35.9 Å². The van der Waals surface area contributed by atoms with E-state index in [2.05, 4.69) is 25.4 Å². The van der Waals surface area contributed by atoms with Crippen LogP contribution in [0.15, 0.2) is 54.7 Å². The van der Waals surface area contributed by atoms with Crippen molar-refractivity contribution in [1.82, 2.24) is 20.1 Å². The van der Waals surface area contributed by atoms with Crippen LogP contribution in [0.1, 0.15) is 11.1 Å². The van der Waals surface area contributed by atoms with Crippen molar-refractivity contribution in [3.05, 3.63) is 70.9 Å². The van der Waals surface area contributed by atoms with Gasteiger partial charge in [0, 0.05) is 37.4 Å². The van der Waals surface area contributed by atoms with Crippen molar-refractivity contribution >= 4 is 35.0 Å². The van der Waals surface area contributed by atoms with Crippen LogP contribution in [-0.2, 0) is 11.2 Å². The molecule has 1 amide bonds. The summed E-state index contributed by atoms with van der Waals surface area (Å²) in [6.07, 6.45) is 2.13. The number of carbonyl (C=O) groups excluding carboxylic acids is 1. The first-order valence-corrected chi connectivity index (χ1v) is 10.3. The van der Waals surface area contributed by atoms with Gasteiger partial charge in [0.15, 0.2) is 11.6 Å². The van der Waals surface area contributed by atoms with Crippen molar-refractivity contribution in [1.29, 1.82) is 0 Å². The van der Waals surface area contributed by atoms with Gasteiger partial charge in [-0.2, -0.15) is 0 Å². The second kappa shape index (κ2) is 9.09. The Hall–Kier alpha value is -3.19. The van der Waals surface area contributed by atoms with E-state index in [1.807, 2.05) is 60.4 Å². The molecule has 0 radical (unpaired) electrons. The molecule has 0 unspecified atom stereocenters. The van der Waals surface area contributed by atoms with Gasteiger partial charge in [-0.25, -0.2) is 4.98 Å². The fraction of sp³-hybridized carbons (Fsp3) is 0.273. The zero-order valence-electron chi connectivity index (χ0n) is 16.8. The number of halogens is 1. The Kier molecular flexibility index (Phi) is 6.09. The third-order valence-corrected chi connectivity index (χ3v) is 5.44. The lowest BCUT2D eigenvalue weighted by molar-refractivity contribution is -0.130. The summed E-state index contributed by atoms with van der Waals surface area (Å²) in [6, 6.07) is 15.2. The van der Waals surface area contributed by atoms with Gasteiger partial charge in [-0.15, -0.1) is 10.2 Å². The summed E-state index contributed by atoms with van der Waals surface area (Å²) in [5, 5.41) is 12.4. The van der Waals surface area contributed by atoms with Crippen LogP contribution in [0.5, 0.6) is 0 Å². The van der Waals surface area contributed by atoms with Crippen molar-refractivity contribution in [3.63, 3.8) is 0 Å². The van der Waals surface area contributed by atoms with Crippen molar-refractivity contribution in [2.24, 2.45) is 0 Å². The third kappa shape index (κ3) is 4.86. The minimum absolute atomic E-state index is 0.0963. The largest absolute Gasteiger partial charge is 0.352 e. The first-order chi connectivity index (χ1) is 14.6. The molecule has 0 atom stereocenters. The van der Waals surface area contributed by atoms with E-state index in [1.165, 1.54) is 0 Å². The van der Waals surface area contributed by atoms with Gasteiger partial charge < -0.3 is 15.1 Å². The summed E-state index contributed by atoms with van der Waals surface area (Å²) in [5.74, 6) is 2.27.